The lowest BCUT2D eigenvalue weighted by Gasteiger charge is -2.27. The maximum Gasteiger partial charge on any atom is 0.408 e. The highest BCUT2D eigenvalue weighted by atomic mass is 32.2. The summed E-state index contributed by atoms with van der Waals surface area (Å²) in [4.78, 5) is 34.3. The number of aliphatic carboxylic acids is 1. The van der Waals surface area contributed by atoms with Crippen LogP contribution in [0.5, 0.6) is 0 Å². The smallest absolute Gasteiger partial charge is 0.408 e. The maximum absolute atomic E-state index is 13.1. The van der Waals surface area contributed by atoms with Crippen molar-refractivity contribution in [3.05, 3.63) is 53.1 Å². The summed E-state index contributed by atoms with van der Waals surface area (Å²) >= 11 is 0. The minimum absolute atomic E-state index is 0.134. The summed E-state index contributed by atoms with van der Waals surface area (Å²) in [5, 5.41) is 23.0. The van der Waals surface area contributed by atoms with E-state index in [0.29, 0.717) is 4.31 Å². The van der Waals surface area contributed by atoms with Gasteiger partial charge in [0.1, 0.15) is 11.6 Å². The molecule has 2 N–H and O–H groups in total. The molecule has 11 nitrogen and oxygen atoms in total. The van der Waals surface area contributed by atoms with E-state index in [-0.39, 0.29) is 11.3 Å². The minimum Gasteiger partial charge on any atom is -0.480 e. The molecule has 0 heterocycles. The molecule has 1 aromatic carbocycles. The molecule has 0 bridgehead atoms. The van der Waals surface area contributed by atoms with Crippen molar-refractivity contribution >= 4 is 22.1 Å². The Kier molecular flexibility index (Phi) is 9.13. The van der Waals surface area contributed by atoms with Crippen LogP contribution in [0, 0.1) is 10.1 Å². The maximum atomic E-state index is 13.1. The van der Waals surface area contributed by atoms with Crippen LogP contribution in [0.4, 0.5) is 4.79 Å². The first kappa shape index (κ1) is 26.0. The molecule has 31 heavy (non-hydrogen) atoms. The molecule has 0 aliphatic rings. The molecule has 12 heteroatoms. The number of hydrogen-bond donors (Lipinski definition) is 2. The van der Waals surface area contributed by atoms with Gasteiger partial charge < -0.3 is 15.2 Å². The van der Waals surface area contributed by atoms with E-state index in [2.05, 4.69) is 11.9 Å². The second-order valence-electron chi connectivity index (χ2n) is 7.64. The number of sulfonamides is 1. The molecule has 0 saturated heterocycles. The number of carboxylic acid groups (broad SMARTS) is 1. The summed E-state index contributed by atoms with van der Waals surface area (Å²) in [7, 11) is -4.31. The molecule has 172 valence electrons. The molecule has 0 saturated carbocycles. The topological polar surface area (TPSA) is 156 Å². The first-order chi connectivity index (χ1) is 14.3. The third-order valence-electron chi connectivity index (χ3n) is 3.91. The number of carbonyl (C=O) groups excluding carboxylic acids is 1. The van der Waals surface area contributed by atoms with Gasteiger partial charge in [0, 0.05) is 17.9 Å². The van der Waals surface area contributed by atoms with Crippen LogP contribution in [0.3, 0.4) is 0 Å². The quantitative estimate of drug-likeness (QED) is 0.290. The zero-order valence-corrected chi connectivity index (χ0v) is 18.4. The van der Waals surface area contributed by atoms with Gasteiger partial charge in [0.15, 0.2) is 0 Å². The number of nitrogens with one attached hydrogen (secondary N) is 1. The SMILES string of the molecule is C=CCC(CN(C[C@H](NC(=O)OC(C)(C)C)C(=O)O)S(=O)(=O)c1ccccc1)[N+](=O)[O-]. The predicted molar refractivity (Wildman–Crippen MR) is 112 cm³/mol. The third-order valence-corrected chi connectivity index (χ3v) is 5.75. The van der Waals surface area contributed by atoms with E-state index >= 15 is 0 Å². The van der Waals surface area contributed by atoms with Crippen molar-refractivity contribution in [2.24, 2.45) is 0 Å². The first-order valence-electron chi connectivity index (χ1n) is 9.30. The van der Waals surface area contributed by atoms with Crippen LogP contribution in [0.1, 0.15) is 27.2 Å². The Hall–Kier alpha value is -2.99. The largest absolute Gasteiger partial charge is 0.480 e. The van der Waals surface area contributed by atoms with Gasteiger partial charge >= 0.3 is 12.1 Å². The summed E-state index contributed by atoms with van der Waals surface area (Å²) in [6.07, 6.45) is 0.0771. The molecular formula is C19H27N3O8S. The number of carbonyl (C=O) groups is 2. The number of rotatable bonds is 11. The summed E-state index contributed by atoms with van der Waals surface area (Å²) in [6, 6.07) is 4.03. The molecule has 1 unspecified atom stereocenters. The van der Waals surface area contributed by atoms with Crippen LogP contribution >= 0.6 is 0 Å². The van der Waals surface area contributed by atoms with Crippen molar-refractivity contribution < 1.29 is 32.8 Å². The highest BCUT2D eigenvalue weighted by Crippen LogP contribution is 2.18. The van der Waals surface area contributed by atoms with Crippen LogP contribution in [-0.2, 0) is 19.6 Å². The number of nitro groups is 1. The molecule has 2 atom stereocenters. The zero-order valence-electron chi connectivity index (χ0n) is 17.6. The Morgan fingerprint density at radius 3 is 2.32 bits per heavy atom. The predicted octanol–water partition coefficient (Wildman–Crippen LogP) is 1.88. The molecule has 0 spiro atoms. The first-order valence-corrected chi connectivity index (χ1v) is 10.7. The van der Waals surface area contributed by atoms with Crippen molar-refractivity contribution in [2.75, 3.05) is 13.1 Å². The fraction of sp³-hybridized carbons (Fsp3) is 0.474. The van der Waals surface area contributed by atoms with Crippen LogP contribution in [0.15, 0.2) is 47.9 Å². The Balaban J connectivity index is 3.27. The molecule has 0 aliphatic carbocycles. The van der Waals surface area contributed by atoms with Crippen molar-refractivity contribution in [3.63, 3.8) is 0 Å². The molecular weight excluding hydrogens is 430 g/mol. The van der Waals surface area contributed by atoms with E-state index in [1.807, 2.05) is 0 Å². The highest BCUT2D eigenvalue weighted by Gasteiger charge is 2.36. The Morgan fingerprint density at radius 2 is 1.87 bits per heavy atom. The van der Waals surface area contributed by atoms with E-state index < -0.39 is 57.8 Å². The number of alkyl carbamates (subject to hydrolysis) is 1. The van der Waals surface area contributed by atoms with E-state index in [9.17, 15) is 33.2 Å². The number of hydrogen-bond acceptors (Lipinski definition) is 7. The molecule has 1 rings (SSSR count). The van der Waals surface area contributed by atoms with E-state index in [1.54, 1.807) is 26.8 Å². The van der Waals surface area contributed by atoms with Crippen LogP contribution < -0.4 is 5.32 Å². The standard InChI is InChI=1S/C19H27N3O8S/c1-5-9-14(22(26)27)12-21(31(28,29)15-10-7-6-8-11-15)13-16(17(23)24)20-18(25)30-19(2,3)4/h5-8,10-11,14,16H,1,9,12-13H2,2-4H3,(H,20,25)(H,23,24)/t14?,16-/m0/s1. The molecule has 1 amide bonds. The molecule has 0 aliphatic heterocycles. The summed E-state index contributed by atoms with van der Waals surface area (Å²) in [6.45, 7) is 6.80. The van der Waals surface area contributed by atoms with Gasteiger partial charge in [-0.1, -0.05) is 24.3 Å². The lowest BCUT2D eigenvalue weighted by Crippen LogP contribution is -2.52. The van der Waals surface area contributed by atoms with E-state index in [0.717, 1.165) is 0 Å². The van der Waals surface area contributed by atoms with E-state index in [4.69, 9.17) is 4.74 Å². The Morgan fingerprint density at radius 1 is 1.29 bits per heavy atom. The molecule has 0 fully saturated rings. The van der Waals surface area contributed by atoms with Gasteiger partial charge in [0.25, 0.3) is 0 Å². The van der Waals surface area contributed by atoms with Gasteiger partial charge in [-0.25, -0.2) is 18.0 Å². The Bertz CT molecular complexity index is 896. The Labute approximate surface area is 180 Å². The molecule has 0 aromatic heterocycles. The minimum atomic E-state index is -4.31. The number of ether oxygens (including phenoxy) is 1. The van der Waals surface area contributed by atoms with Gasteiger partial charge in [-0.3, -0.25) is 10.1 Å². The van der Waals surface area contributed by atoms with Gasteiger partial charge in [-0.2, -0.15) is 4.31 Å². The number of nitrogens with zero attached hydrogens (tertiary/aromatic N) is 2. The lowest BCUT2D eigenvalue weighted by molar-refractivity contribution is -0.521. The van der Waals surface area contributed by atoms with Crippen molar-refractivity contribution in [3.8, 4) is 0 Å². The second-order valence-corrected chi connectivity index (χ2v) is 9.57. The fourth-order valence-electron chi connectivity index (χ4n) is 2.51. The second kappa shape index (κ2) is 10.9. The number of benzene rings is 1. The van der Waals surface area contributed by atoms with Crippen LogP contribution in [0.25, 0.3) is 0 Å². The highest BCUT2D eigenvalue weighted by molar-refractivity contribution is 7.89. The lowest BCUT2D eigenvalue weighted by atomic mass is 10.2. The van der Waals surface area contributed by atoms with Gasteiger partial charge in [-0.05, 0) is 32.9 Å². The third kappa shape index (κ3) is 8.34. The van der Waals surface area contributed by atoms with Crippen molar-refractivity contribution in [2.45, 2.75) is 49.8 Å². The molecule has 1 aromatic rings. The van der Waals surface area contributed by atoms with Crippen LogP contribution in [0.2, 0.25) is 0 Å². The number of carboxylic acids is 1. The fourth-order valence-corrected chi connectivity index (χ4v) is 4.02. The average Bonchev–Trinajstić information content (AvgIpc) is 2.65. The van der Waals surface area contributed by atoms with E-state index in [1.165, 1.54) is 30.3 Å². The summed E-state index contributed by atoms with van der Waals surface area (Å²) < 4.78 is 31.9. The monoisotopic (exact) mass is 457 g/mol. The summed E-state index contributed by atoms with van der Waals surface area (Å²) in [5.41, 5.74) is -0.913. The molecule has 0 radical (unpaired) electrons. The zero-order chi connectivity index (χ0) is 23.8. The number of amides is 1. The van der Waals surface area contributed by atoms with Gasteiger partial charge in [-0.15, -0.1) is 6.58 Å². The van der Waals surface area contributed by atoms with Crippen molar-refractivity contribution in [1.82, 2.24) is 9.62 Å². The van der Waals surface area contributed by atoms with Crippen LogP contribution in [-0.4, -0.2) is 65.6 Å². The van der Waals surface area contributed by atoms with Gasteiger partial charge in [0.05, 0.1) is 11.4 Å². The summed E-state index contributed by atoms with van der Waals surface area (Å²) in [5.74, 6) is -1.53. The van der Waals surface area contributed by atoms with Crippen molar-refractivity contribution in [1.29, 1.82) is 0 Å². The normalized spacial score (nSPS) is 13.8. The average molecular weight is 458 g/mol. The van der Waals surface area contributed by atoms with Gasteiger partial charge in [0.2, 0.25) is 16.1 Å².